The lowest BCUT2D eigenvalue weighted by molar-refractivity contribution is 0.244. The summed E-state index contributed by atoms with van der Waals surface area (Å²) in [4.78, 5) is 7.88. The van der Waals surface area contributed by atoms with E-state index in [0.29, 0.717) is 6.54 Å². The predicted molar refractivity (Wildman–Crippen MR) is 54.5 cm³/mol. The Bertz CT molecular complexity index is 269. The fourth-order valence-corrected chi connectivity index (χ4v) is 1.14. The van der Waals surface area contributed by atoms with Crippen LogP contribution in [0.4, 0.5) is 5.82 Å². The number of hydrogen-bond donors (Lipinski definition) is 2. The van der Waals surface area contributed by atoms with E-state index < -0.39 is 0 Å². The minimum atomic E-state index is 0.176. The van der Waals surface area contributed by atoms with Crippen LogP contribution in [-0.2, 0) is 0 Å². The minimum absolute atomic E-state index is 0.176. The highest BCUT2D eigenvalue weighted by molar-refractivity contribution is 9.10. The Kier molecular flexibility index (Phi) is 4.11. The normalized spacial score (nSPS) is 12.5. The molecule has 1 rings (SSSR count). The van der Waals surface area contributed by atoms with Crippen molar-refractivity contribution >= 4 is 21.7 Å². The fraction of sp³-hybridized carbons (Fsp3) is 0.500. The van der Waals surface area contributed by atoms with Gasteiger partial charge in [-0.15, -0.1) is 0 Å². The molecule has 0 aliphatic heterocycles. The van der Waals surface area contributed by atoms with Crippen molar-refractivity contribution in [2.75, 3.05) is 18.5 Å². The number of nitrogens with zero attached hydrogens (tertiary/aromatic N) is 2. The summed E-state index contributed by atoms with van der Waals surface area (Å²) in [6.45, 7) is 2.84. The van der Waals surface area contributed by atoms with Crippen LogP contribution in [0, 0.1) is 5.92 Å². The molecular formula is C8H12BrN3O. The van der Waals surface area contributed by atoms with Crippen molar-refractivity contribution in [1.82, 2.24) is 9.97 Å². The number of anilines is 1. The molecular weight excluding hydrogens is 234 g/mol. The number of rotatable bonds is 4. The Morgan fingerprint density at radius 3 is 3.08 bits per heavy atom. The Hall–Kier alpha value is -0.680. The first-order chi connectivity index (χ1) is 6.24. The molecule has 0 radical (unpaired) electrons. The molecule has 1 heterocycles. The number of aliphatic hydroxyl groups excluding tert-OH is 1. The second-order valence-electron chi connectivity index (χ2n) is 2.89. The summed E-state index contributed by atoms with van der Waals surface area (Å²) in [7, 11) is 0. The maximum Gasteiger partial charge on any atom is 0.143 e. The summed E-state index contributed by atoms with van der Waals surface area (Å²) in [6, 6.07) is 0. The number of aliphatic hydroxyl groups is 1. The van der Waals surface area contributed by atoms with Gasteiger partial charge in [0, 0.05) is 19.3 Å². The van der Waals surface area contributed by atoms with E-state index in [9.17, 15) is 0 Å². The number of hydrogen-bond acceptors (Lipinski definition) is 4. The maximum absolute atomic E-state index is 8.80. The molecule has 2 N–H and O–H groups in total. The van der Waals surface area contributed by atoms with Crippen LogP contribution in [0.25, 0.3) is 0 Å². The van der Waals surface area contributed by atoms with Gasteiger partial charge in [0.1, 0.15) is 12.1 Å². The second kappa shape index (κ2) is 5.14. The van der Waals surface area contributed by atoms with Crippen molar-refractivity contribution in [2.45, 2.75) is 6.92 Å². The second-order valence-corrected chi connectivity index (χ2v) is 3.74. The third-order valence-electron chi connectivity index (χ3n) is 1.60. The summed E-state index contributed by atoms with van der Waals surface area (Å²) < 4.78 is 0.833. The molecule has 1 unspecified atom stereocenters. The van der Waals surface area contributed by atoms with Crippen LogP contribution in [0.3, 0.4) is 0 Å². The molecule has 5 heteroatoms. The van der Waals surface area contributed by atoms with Crippen molar-refractivity contribution in [3.05, 3.63) is 17.0 Å². The Balaban J connectivity index is 2.50. The first kappa shape index (κ1) is 10.4. The summed E-state index contributed by atoms with van der Waals surface area (Å²) in [5.74, 6) is 0.983. The zero-order valence-electron chi connectivity index (χ0n) is 7.37. The molecule has 1 atom stereocenters. The molecule has 0 fully saturated rings. The molecule has 0 bridgehead atoms. The fourth-order valence-electron chi connectivity index (χ4n) is 0.778. The average molecular weight is 246 g/mol. The monoisotopic (exact) mass is 245 g/mol. The Morgan fingerprint density at radius 1 is 1.69 bits per heavy atom. The van der Waals surface area contributed by atoms with Crippen LogP contribution in [0.15, 0.2) is 17.0 Å². The SMILES string of the molecule is CC(CO)CNc1ncncc1Br. The minimum Gasteiger partial charge on any atom is -0.396 e. The van der Waals surface area contributed by atoms with Gasteiger partial charge in [-0.05, 0) is 21.8 Å². The van der Waals surface area contributed by atoms with Gasteiger partial charge in [-0.25, -0.2) is 9.97 Å². The van der Waals surface area contributed by atoms with Gasteiger partial charge in [-0.3, -0.25) is 0 Å². The van der Waals surface area contributed by atoms with Crippen LogP contribution in [0.1, 0.15) is 6.92 Å². The van der Waals surface area contributed by atoms with Crippen molar-refractivity contribution in [3.63, 3.8) is 0 Å². The first-order valence-corrected chi connectivity index (χ1v) is 4.83. The van der Waals surface area contributed by atoms with Gasteiger partial charge in [-0.2, -0.15) is 0 Å². The van der Waals surface area contributed by atoms with E-state index >= 15 is 0 Å². The van der Waals surface area contributed by atoms with Crippen molar-refractivity contribution in [2.24, 2.45) is 5.92 Å². The van der Waals surface area contributed by atoms with Gasteiger partial charge in [0.25, 0.3) is 0 Å². The van der Waals surface area contributed by atoms with Gasteiger partial charge in [0.15, 0.2) is 0 Å². The average Bonchev–Trinajstić information content (AvgIpc) is 2.16. The molecule has 0 aliphatic rings. The molecule has 0 saturated heterocycles. The van der Waals surface area contributed by atoms with Crippen molar-refractivity contribution in [1.29, 1.82) is 0 Å². The summed E-state index contributed by atoms with van der Waals surface area (Å²) in [5.41, 5.74) is 0. The summed E-state index contributed by atoms with van der Waals surface area (Å²) in [5, 5.41) is 11.9. The smallest absolute Gasteiger partial charge is 0.143 e. The quantitative estimate of drug-likeness (QED) is 0.840. The zero-order valence-corrected chi connectivity index (χ0v) is 8.95. The van der Waals surface area contributed by atoms with Crippen LogP contribution in [0.5, 0.6) is 0 Å². The lowest BCUT2D eigenvalue weighted by Gasteiger charge is -2.10. The topological polar surface area (TPSA) is 58.0 Å². The lowest BCUT2D eigenvalue weighted by atomic mass is 10.2. The molecule has 0 amide bonds. The van der Waals surface area contributed by atoms with Gasteiger partial charge >= 0.3 is 0 Å². The molecule has 0 spiro atoms. The third kappa shape index (κ3) is 3.28. The number of halogens is 1. The third-order valence-corrected chi connectivity index (χ3v) is 2.18. The van der Waals surface area contributed by atoms with Crippen molar-refractivity contribution < 1.29 is 5.11 Å². The number of nitrogens with one attached hydrogen (secondary N) is 1. The van der Waals surface area contributed by atoms with Crippen molar-refractivity contribution in [3.8, 4) is 0 Å². The van der Waals surface area contributed by atoms with Crippen LogP contribution in [-0.4, -0.2) is 28.2 Å². The Labute approximate surface area is 85.5 Å². The lowest BCUT2D eigenvalue weighted by Crippen LogP contribution is -2.15. The molecule has 72 valence electrons. The molecule has 13 heavy (non-hydrogen) atoms. The van der Waals surface area contributed by atoms with E-state index in [0.717, 1.165) is 10.3 Å². The van der Waals surface area contributed by atoms with E-state index in [1.807, 2.05) is 6.92 Å². The van der Waals surface area contributed by atoms with E-state index in [1.54, 1.807) is 6.20 Å². The zero-order chi connectivity index (χ0) is 9.68. The van der Waals surface area contributed by atoms with Gasteiger partial charge in [0.2, 0.25) is 0 Å². The van der Waals surface area contributed by atoms with Crippen LogP contribution in [0.2, 0.25) is 0 Å². The molecule has 0 aliphatic carbocycles. The Morgan fingerprint density at radius 2 is 2.46 bits per heavy atom. The van der Waals surface area contributed by atoms with E-state index in [4.69, 9.17) is 5.11 Å². The van der Waals surface area contributed by atoms with Crippen LogP contribution >= 0.6 is 15.9 Å². The molecule has 4 nitrogen and oxygen atoms in total. The van der Waals surface area contributed by atoms with E-state index in [2.05, 4.69) is 31.2 Å². The van der Waals surface area contributed by atoms with Gasteiger partial charge in [0.05, 0.1) is 4.47 Å². The van der Waals surface area contributed by atoms with Gasteiger partial charge < -0.3 is 10.4 Å². The van der Waals surface area contributed by atoms with E-state index in [1.165, 1.54) is 6.33 Å². The molecule has 1 aromatic rings. The molecule has 0 aromatic carbocycles. The van der Waals surface area contributed by atoms with Crippen LogP contribution < -0.4 is 5.32 Å². The largest absolute Gasteiger partial charge is 0.396 e. The predicted octanol–water partition coefficient (Wildman–Crippen LogP) is 1.28. The van der Waals surface area contributed by atoms with Gasteiger partial charge in [-0.1, -0.05) is 6.92 Å². The summed E-state index contributed by atoms with van der Waals surface area (Å²) in [6.07, 6.45) is 3.16. The maximum atomic E-state index is 8.80. The highest BCUT2D eigenvalue weighted by Gasteiger charge is 2.02. The highest BCUT2D eigenvalue weighted by atomic mass is 79.9. The number of aromatic nitrogens is 2. The molecule has 0 saturated carbocycles. The summed E-state index contributed by atoms with van der Waals surface area (Å²) >= 11 is 3.32. The van der Waals surface area contributed by atoms with E-state index in [-0.39, 0.29) is 12.5 Å². The highest BCUT2D eigenvalue weighted by Crippen LogP contribution is 2.16. The first-order valence-electron chi connectivity index (χ1n) is 4.04. The standard InChI is InChI=1S/C8H12BrN3O/c1-6(4-13)2-11-8-7(9)3-10-5-12-8/h3,5-6,13H,2,4H2,1H3,(H,10,11,12). The molecule has 1 aromatic heterocycles.